The second-order valence-electron chi connectivity index (χ2n) is 13.7. The third-order valence-electron chi connectivity index (χ3n) is 10.4. The fourth-order valence-corrected chi connectivity index (χ4v) is 7.78. The highest BCUT2D eigenvalue weighted by Crippen LogP contribution is 2.42. The predicted octanol–water partition coefficient (Wildman–Crippen LogP) is 13.0. The molecule has 3 nitrogen and oxygen atoms in total. The lowest BCUT2D eigenvalue weighted by Gasteiger charge is -2.27. The molecule has 2 atom stereocenters. The average Bonchev–Trinajstić information content (AvgIpc) is 3.23. The normalized spacial score (nSPS) is 15.3. The van der Waals surface area contributed by atoms with Crippen LogP contribution in [0.1, 0.15) is 30.6 Å². The number of benzene rings is 8. The van der Waals surface area contributed by atoms with Crippen LogP contribution in [0.3, 0.4) is 0 Å². The van der Waals surface area contributed by atoms with Crippen LogP contribution >= 0.6 is 0 Å². The zero-order valence-electron chi connectivity index (χ0n) is 29.7. The highest BCUT2D eigenvalue weighted by Gasteiger charge is 2.22. The van der Waals surface area contributed by atoms with Gasteiger partial charge in [0.2, 0.25) is 0 Å². The van der Waals surface area contributed by atoms with Crippen molar-refractivity contribution in [2.45, 2.75) is 19.5 Å². The summed E-state index contributed by atoms with van der Waals surface area (Å²) in [7, 11) is 0. The van der Waals surface area contributed by atoms with Crippen molar-refractivity contribution in [2.75, 3.05) is 0 Å². The van der Waals surface area contributed by atoms with Crippen molar-refractivity contribution in [3.8, 4) is 11.1 Å². The highest BCUT2D eigenvalue weighted by molar-refractivity contribution is 6.23. The minimum Gasteiger partial charge on any atom is -0.360 e. The maximum Gasteiger partial charge on any atom is 0.145 e. The Kier molecular flexibility index (Phi) is 8.67. The van der Waals surface area contributed by atoms with Crippen LogP contribution in [0.25, 0.3) is 59.9 Å². The molecular weight excluding hydrogens is 643 g/mol. The van der Waals surface area contributed by atoms with Gasteiger partial charge in [0.05, 0.1) is 5.69 Å². The minimum absolute atomic E-state index is 0.0464. The molecule has 0 fully saturated rings. The van der Waals surface area contributed by atoms with E-state index in [-0.39, 0.29) is 12.1 Å². The van der Waals surface area contributed by atoms with Crippen LogP contribution in [0.5, 0.6) is 0 Å². The molecule has 53 heavy (non-hydrogen) atoms. The van der Waals surface area contributed by atoms with E-state index in [1.54, 1.807) is 0 Å². The second-order valence-corrected chi connectivity index (χ2v) is 13.7. The minimum atomic E-state index is -0.212. The number of nitrogens with zero attached hydrogens (tertiary/aromatic N) is 2. The quantitative estimate of drug-likeness (QED) is 0.0967. The van der Waals surface area contributed by atoms with E-state index in [0.29, 0.717) is 6.42 Å². The maximum atomic E-state index is 5.35. The predicted molar refractivity (Wildman–Crippen MR) is 227 cm³/mol. The highest BCUT2D eigenvalue weighted by atomic mass is 15.1. The van der Waals surface area contributed by atoms with Gasteiger partial charge >= 0.3 is 0 Å². The van der Waals surface area contributed by atoms with Crippen LogP contribution in [0.2, 0.25) is 0 Å². The Labute approximate surface area is 310 Å². The van der Waals surface area contributed by atoms with E-state index < -0.39 is 0 Å². The van der Waals surface area contributed by atoms with E-state index in [1.165, 1.54) is 48.7 Å². The number of hydrogen-bond donors (Lipinski definition) is 1. The van der Waals surface area contributed by atoms with E-state index in [2.05, 4.69) is 200 Å². The molecule has 254 valence electrons. The first-order chi connectivity index (χ1) is 26.2. The number of nitrogens with one attached hydrogen (secondary N) is 1. The summed E-state index contributed by atoms with van der Waals surface area (Å²) in [4.78, 5) is 10.6. The molecule has 0 saturated carbocycles. The monoisotopic (exact) mass is 681 g/mol. The number of allylic oxidation sites excluding steroid dienone is 3. The Morgan fingerprint density at radius 2 is 1.32 bits per heavy atom. The summed E-state index contributed by atoms with van der Waals surface area (Å²) in [5.41, 5.74) is 7.66. The molecule has 1 aliphatic heterocycles. The van der Waals surface area contributed by atoms with Gasteiger partial charge in [-0.1, -0.05) is 158 Å². The van der Waals surface area contributed by atoms with Gasteiger partial charge in [-0.15, -0.1) is 0 Å². The van der Waals surface area contributed by atoms with Gasteiger partial charge in [-0.3, -0.25) is 9.98 Å². The Bertz CT molecular complexity index is 2750. The summed E-state index contributed by atoms with van der Waals surface area (Å²) >= 11 is 0. The smallest absolute Gasteiger partial charge is 0.145 e. The first-order valence-corrected chi connectivity index (χ1v) is 18.4. The molecule has 1 aliphatic rings. The van der Waals surface area contributed by atoms with Crippen molar-refractivity contribution < 1.29 is 0 Å². The van der Waals surface area contributed by atoms with Crippen LogP contribution < -0.4 is 5.32 Å². The summed E-state index contributed by atoms with van der Waals surface area (Å²) in [5.74, 6) is 0.0464. The van der Waals surface area contributed by atoms with E-state index in [1.807, 2.05) is 0 Å². The van der Waals surface area contributed by atoms with Gasteiger partial charge in [0, 0.05) is 29.1 Å². The van der Waals surface area contributed by atoms with Crippen molar-refractivity contribution in [1.82, 2.24) is 5.32 Å². The van der Waals surface area contributed by atoms with Gasteiger partial charge in [-0.05, 0) is 97.4 Å². The fraction of sp³-hybridized carbons (Fsp3) is 0.0800. The Morgan fingerprint density at radius 1 is 0.623 bits per heavy atom. The summed E-state index contributed by atoms with van der Waals surface area (Å²) in [6.45, 7) is 2.08. The van der Waals surface area contributed by atoms with Crippen molar-refractivity contribution in [1.29, 1.82) is 0 Å². The van der Waals surface area contributed by atoms with Crippen LogP contribution in [-0.4, -0.2) is 11.9 Å². The third kappa shape index (κ3) is 6.32. The van der Waals surface area contributed by atoms with E-state index >= 15 is 0 Å². The molecule has 8 aromatic carbocycles. The summed E-state index contributed by atoms with van der Waals surface area (Å²) < 4.78 is 0. The van der Waals surface area contributed by atoms with E-state index in [4.69, 9.17) is 9.98 Å². The number of hydrogen-bond acceptors (Lipinski definition) is 3. The number of rotatable bonds is 8. The molecule has 1 heterocycles. The van der Waals surface area contributed by atoms with E-state index in [0.717, 1.165) is 33.8 Å². The Balaban J connectivity index is 1.10. The van der Waals surface area contributed by atoms with Gasteiger partial charge in [0.1, 0.15) is 6.17 Å². The summed E-state index contributed by atoms with van der Waals surface area (Å²) in [5, 5.41) is 13.7. The molecule has 0 radical (unpaired) electrons. The molecule has 8 aromatic rings. The molecule has 3 heteroatoms. The third-order valence-corrected chi connectivity index (χ3v) is 10.4. The molecule has 0 aromatic heterocycles. The van der Waals surface area contributed by atoms with Crippen LogP contribution in [-0.2, 0) is 0 Å². The number of aliphatic imine (C=N–C) groups is 2. The topological polar surface area (TPSA) is 36.8 Å². The van der Waals surface area contributed by atoms with Crippen molar-refractivity contribution >= 4 is 66.4 Å². The lowest BCUT2D eigenvalue weighted by Crippen LogP contribution is -2.27. The molecule has 0 spiro atoms. The molecule has 0 bridgehead atoms. The zero-order chi connectivity index (χ0) is 35.6. The molecular formula is C50H39N3. The fourth-order valence-electron chi connectivity index (χ4n) is 7.78. The molecule has 2 unspecified atom stereocenters. The largest absolute Gasteiger partial charge is 0.360 e. The molecule has 0 aliphatic carbocycles. The van der Waals surface area contributed by atoms with Gasteiger partial charge in [-0.2, -0.15) is 0 Å². The lowest BCUT2D eigenvalue weighted by molar-refractivity contribution is 0.655. The Hall–Kier alpha value is -6.58. The molecule has 0 amide bonds. The van der Waals surface area contributed by atoms with Crippen LogP contribution in [0.15, 0.2) is 192 Å². The average molecular weight is 682 g/mol. The van der Waals surface area contributed by atoms with Crippen LogP contribution in [0.4, 0.5) is 5.69 Å². The second kappa shape index (κ2) is 14.2. The first-order valence-electron chi connectivity index (χ1n) is 18.4. The number of para-hydroxylation sites is 1. The van der Waals surface area contributed by atoms with Gasteiger partial charge in [-0.25, -0.2) is 0 Å². The van der Waals surface area contributed by atoms with Gasteiger partial charge < -0.3 is 5.32 Å². The maximum absolute atomic E-state index is 5.35. The Morgan fingerprint density at radius 3 is 2.17 bits per heavy atom. The van der Waals surface area contributed by atoms with Crippen molar-refractivity contribution in [3.05, 3.63) is 193 Å². The number of fused-ring (bicyclic) bond motifs is 6. The lowest BCUT2D eigenvalue weighted by atomic mass is 9.89. The zero-order valence-corrected chi connectivity index (χ0v) is 29.7. The molecule has 9 rings (SSSR count). The van der Waals surface area contributed by atoms with Gasteiger partial charge in [0.15, 0.2) is 0 Å². The van der Waals surface area contributed by atoms with Crippen molar-refractivity contribution in [3.63, 3.8) is 0 Å². The van der Waals surface area contributed by atoms with Gasteiger partial charge in [0.25, 0.3) is 0 Å². The van der Waals surface area contributed by atoms with Crippen LogP contribution in [0, 0.1) is 5.92 Å². The SMILES string of the molecule is C/C=C\C(C/C=N\c1ccccc1-c1cc2ccccc2c2ccc3ccccc3c12)C1=NC(c2ccc3ccccc3c2)NC(c2ccccc2)=C1. The van der Waals surface area contributed by atoms with E-state index in [9.17, 15) is 0 Å². The standard InChI is InChI=1S/C50H39N3/c1-2-14-36(47-33-48(37-17-4-3-5-18-37)53-50(52-47)40-26-25-34-15-6-7-19-38(34)31-40)29-30-51-46-24-13-12-23-43(46)45-32-39-20-9-10-21-41(39)44-28-27-35-16-8-11-22-42(35)49(44)45/h2-28,30-33,36,50,53H,29H2,1H3/b14-2-,51-30-. The molecule has 1 N–H and O–H groups in total. The summed E-state index contributed by atoms with van der Waals surface area (Å²) in [6, 6.07) is 58.5. The molecule has 0 saturated heterocycles. The van der Waals surface area contributed by atoms with Crippen molar-refractivity contribution in [2.24, 2.45) is 15.9 Å². The summed E-state index contributed by atoms with van der Waals surface area (Å²) in [6.07, 6.45) is 9.17. The first kappa shape index (κ1) is 32.3.